The second-order valence-electron chi connectivity index (χ2n) is 4.04. The second kappa shape index (κ2) is 6.42. The molecule has 0 spiro atoms. The maximum Gasteiger partial charge on any atom is 0.252 e. The molecule has 6 heteroatoms. The molecule has 0 aliphatic carbocycles. The lowest BCUT2D eigenvalue weighted by Crippen LogP contribution is -2.18. The van der Waals surface area contributed by atoms with E-state index in [2.05, 4.69) is 16.7 Å². The molecule has 1 aromatic carbocycles. The molecule has 0 unspecified atom stereocenters. The Morgan fingerprint density at radius 2 is 2.25 bits per heavy atom. The monoisotopic (exact) mass is 305 g/mol. The van der Waals surface area contributed by atoms with Gasteiger partial charge in [-0.15, -0.1) is 11.3 Å². The number of thiophene rings is 1. The molecule has 20 heavy (non-hydrogen) atoms. The number of carbonyl (C=O) groups excluding carboxylic acids is 1. The molecule has 0 aliphatic rings. The van der Waals surface area contributed by atoms with Crippen molar-refractivity contribution in [2.75, 3.05) is 12.4 Å². The fraction of sp³-hybridized carbons (Fsp3) is 0.143. The molecule has 0 saturated carbocycles. The van der Waals surface area contributed by atoms with Gasteiger partial charge in [-0.25, -0.2) is 0 Å². The highest BCUT2D eigenvalue weighted by Gasteiger charge is 2.09. The summed E-state index contributed by atoms with van der Waals surface area (Å²) in [6, 6.07) is 9.14. The van der Waals surface area contributed by atoms with Crippen molar-refractivity contribution in [3.05, 3.63) is 50.7 Å². The van der Waals surface area contributed by atoms with Crippen LogP contribution in [-0.4, -0.2) is 13.0 Å². The zero-order valence-corrected chi connectivity index (χ0v) is 12.3. The van der Waals surface area contributed by atoms with Gasteiger partial charge in [0.25, 0.3) is 5.91 Å². The lowest BCUT2D eigenvalue weighted by atomic mass is 10.2. The number of halogens is 1. The third-order valence-electron chi connectivity index (χ3n) is 2.69. The molecule has 0 bridgehead atoms. The second-order valence-corrected chi connectivity index (χ2v) is 5.44. The van der Waals surface area contributed by atoms with Crippen LogP contribution in [0.25, 0.3) is 0 Å². The van der Waals surface area contributed by atoms with Crippen molar-refractivity contribution in [2.24, 2.45) is 0 Å². The quantitative estimate of drug-likeness (QED) is 0.911. The average molecular weight is 306 g/mol. The molecule has 0 aliphatic heterocycles. The highest BCUT2D eigenvalue weighted by atomic mass is 35.5. The van der Waals surface area contributed by atoms with Gasteiger partial charge < -0.3 is 10.6 Å². The van der Waals surface area contributed by atoms with Gasteiger partial charge in [-0.05, 0) is 24.3 Å². The molecule has 0 radical (unpaired) electrons. The van der Waals surface area contributed by atoms with Crippen LogP contribution < -0.4 is 10.6 Å². The van der Waals surface area contributed by atoms with Gasteiger partial charge in [-0.1, -0.05) is 11.6 Å². The number of amides is 1. The zero-order valence-electron chi connectivity index (χ0n) is 10.7. The molecule has 102 valence electrons. The van der Waals surface area contributed by atoms with E-state index < -0.39 is 0 Å². The van der Waals surface area contributed by atoms with E-state index in [0.717, 1.165) is 10.6 Å². The largest absolute Gasteiger partial charge is 0.380 e. The Bertz CT molecular complexity index is 675. The van der Waals surface area contributed by atoms with Crippen LogP contribution in [-0.2, 0) is 6.54 Å². The number of rotatable bonds is 4. The minimum Gasteiger partial charge on any atom is -0.380 e. The van der Waals surface area contributed by atoms with Crippen LogP contribution in [0.15, 0.2) is 29.6 Å². The molecule has 1 aromatic heterocycles. The maximum atomic E-state index is 11.6. The molecule has 0 saturated heterocycles. The zero-order chi connectivity index (χ0) is 14.5. The predicted molar refractivity (Wildman–Crippen MR) is 81.2 cm³/mol. The molecule has 1 amide bonds. The molecule has 0 atom stereocenters. The van der Waals surface area contributed by atoms with Crippen molar-refractivity contribution >= 4 is 34.5 Å². The minimum absolute atomic E-state index is 0.221. The number of hydrogen-bond acceptors (Lipinski definition) is 4. The van der Waals surface area contributed by atoms with Crippen molar-refractivity contribution in [3.63, 3.8) is 0 Å². The number of nitriles is 1. The van der Waals surface area contributed by atoms with E-state index in [-0.39, 0.29) is 5.91 Å². The fourth-order valence-corrected chi connectivity index (χ4v) is 2.62. The van der Waals surface area contributed by atoms with E-state index in [9.17, 15) is 4.79 Å². The van der Waals surface area contributed by atoms with Crippen LogP contribution >= 0.6 is 22.9 Å². The Balaban J connectivity index is 2.10. The van der Waals surface area contributed by atoms with Crippen LogP contribution in [0, 0.1) is 11.3 Å². The SMILES string of the molecule is CNC(=O)c1cc(NCc2cc(C#N)cs2)ccc1Cl. The van der Waals surface area contributed by atoms with Crippen LogP contribution in [0.5, 0.6) is 0 Å². The summed E-state index contributed by atoms with van der Waals surface area (Å²) < 4.78 is 0. The van der Waals surface area contributed by atoms with Gasteiger partial charge in [-0.2, -0.15) is 5.26 Å². The minimum atomic E-state index is -0.221. The van der Waals surface area contributed by atoms with Gasteiger partial charge in [0.2, 0.25) is 0 Å². The van der Waals surface area contributed by atoms with Crippen molar-refractivity contribution in [2.45, 2.75) is 6.54 Å². The number of nitrogens with one attached hydrogen (secondary N) is 2. The lowest BCUT2D eigenvalue weighted by molar-refractivity contribution is 0.0963. The maximum absolute atomic E-state index is 11.6. The predicted octanol–water partition coefficient (Wildman–Crippen LogP) is 3.24. The summed E-state index contributed by atoms with van der Waals surface area (Å²) in [6.07, 6.45) is 0. The fourth-order valence-electron chi connectivity index (χ4n) is 1.67. The molecular weight excluding hydrogens is 294 g/mol. The molecule has 4 nitrogen and oxygen atoms in total. The van der Waals surface area contributed by atoms with Crippen molar-refractivity contribution in [1.29, 1.82) is 5.26 Å². The third kappa shape index (κ3) is 3.29. The summed E-state index contributed by atoms with van der Waals surface area (Å²) >= 11 is 7.51. The number of nitrogens with zero attached hydrogens (tertiary/aromatic N) is 1. The summed E-state index contributed by atoms with van der Waals surface area (Å²) in [5, 5.41) is 16.8. The van der Waals surface area contributed by atoms with Gasteiger partial charge in [0, 0.05) is 29.5 Å². The van der Waals surface area contributed by atoms with E-state index in [0.29, 0.717) is 22.7 Å². The Hall–Kier alpha value is -2.03. The van der Waals surface area contributed by atoms with E-state index in [4.69, 9.17) is 16.9 Å². The van der Waals surface area contributed by atoms with Crippen molar-refractivity contribution < 1.29 is 4.79 Å². The highest BCUT2D eigenvalue weighted by Crippen LogP contribution is 2.22. The molecule has 0 fully saturated rings. The van der Waals surface area contributed by atoms with Gasteiger partial charge in [-0.3, -0.25) is 4.79 Å². The highest BCUT2D eigenvalue weighted by molar-refractivity contribution is 7.10. The summed E-state index contributed by atoms with van der Waals surface area (Å²) in [5.41, 5.74) is 1.90. The third-order valence-corrected chi connectivity index (χ3v) is 3.95. The number of hydrogen-bond donors (Lipinski definition) is 2. The first-order valence-corrected chi connectivity index (χ1v) is 7.13. The first-order chi connectivity index (χ1) is 9.63. The summed E-state index contributed by atoms with van der Waals surface area (Å²) in [5.74, 6) is -0.221. The summed E-state index contributed by atoms with van der Waals surface area (Å²) in [4.78, 5) is 12.7. The summed E-state index contributed by atoms with van der Waals surface area (Å²) in [6.45, 7) is 0.598. The Kier molecular flexibility index (Phi) is 4.61. The molecule has 2 rings (SSSR count). The molecule has 1 heterocycles. The van der Waals surface area contributed by atoms with E-state index in [1.807, 2.05) is 17.5 Å². The first-order valence-electron chi connectivity index (χ1n) is 5.87. The first kappa shape index (κ1) is 14.4. The Labute approximate surface area is 126 Å². The van der Waals surface area contributed by atoms with Crippen molar-refractivity contribution in [3.8, 4) is 6.07 Å². The molecule has 2 N–H and O–H groups in total. The van der Waals surface area contributed by atoms with E-state index in [1.165, 1.54) is 11.3 Å². The molecule has 2 aromatic rings. The normalized spacial score (nSPS) is 9.85. The number of anilines is 1. The van der Waals surface area contributed by atoms with E-state index in [1.54, 1.807) is 19.2 Å². The van der Waals surface area contributed by atoms with Crippen molar-refractivity contribution in [1.82, 2.24) is 5.32 Å². The standard InChI is InChI=1S/C14H12ClN3OS/c1-17-14(19)12-5-10(2-3-13(12)15)18-7-11-4-9(6-16)8-20-11/h2-5,8,18H,7H2,1H3,(H,17,19). The summed E-state index contributed by atoms with van der Waals surface area (Å²) in [7, 11) is 1.56. The Morgan fingerprint density at radius 3 is 2.90 bits per heavy atom. The van der Waals surface area contributed by atoms with Gasteiger partial charge >= 0.3 is 0 Å². The Morgan fingerprint density at radius 1 is 1.45 bits per heavy atom. The van der Waals surface area contributed by atoms with Crippen LogP contribution in [0.3, 0.4) is 0 Å². The lowest BCUT2D eigenvalue weighted by Gasteiger charge is -2.08. The number of carbonyl (C=O) groups is 1. The van der Waals surface area contributed by atoms with E-state index >= 15 is 0 Å². The van der Waals surface area contributed by atoms with Crippen LogP contribution in [0.4, 0.5) is 5.69 Å². The van der Waals surface area contributed by atoms with Gasteiger partial charge in [0.1, 0.15) is 6.07 Å². The average Bonchev–Trinajstić information content (AvgIpc) is 2.93. The van der Waals surface area contributed by atoms with Gasteiger partial charge in [0.05, 0.1) is 16.1 Å². The van der Waals surface area contributed by atoms with Crippen LogP contribution in [0.1, 0.15) is 20.8 Å². The van der Waals surface area contributed by atoms with Crippen LogP contribution in [0.2, 0.25) is 5.02 Å². The number of benzene rings is 1. The smallest absolute Gasteiger partial charge is 0.252 e. The van der Waals surface area contributed by atoms with Gasteiger partial charge in [0.15, 0.2) is 0 Å². The topological polar surface area (TPSA) is 64.9 Å². The molecular formula is C14H12ClN3OS.